The lowest BCUT2D eigenvalue weighted by molar-refractivity contribution is -0.126. The van der Waals surface area contributed by atoms with E-state index in [1.807, 2.05) is 19.1 Å². The Bertz CT molecular complexity index is 717. The maximum absolute atomic E-state index is 13.0. The normalized spacial score (nSPS) is 17.8. The van der Waals surface area contributed by atoms with Crippen molar-refractivity contribution in [2.45, 2.75) is 19.4 Å². The van der Waals surface area contributed by atoms with Gasteiger partial charge in [0, 0.05) is 5.02 Å². The van der Waals surface area contributed by atoms with Gasteiger partial charge in [-0.3, -0.25) is 4.79 Å². The Morgan fingerprint density at radius 1 is 1.30 bits per heavy atom. The van der Waals surface area contributed by atoms with Crippen LogP contribution in [-0.2, 0) is 11.2 Å². The van der Waals surface area contributed by atoms with Gasteiger partial charge in [0.2, 0.25) is 5.91 Å². The molecular weight excluding hydrogens is 317 g/mol. The van der Waals surface area contributed by atoms with Gasteiger partial charge in [0.05, 0.1) is 12.0 Å². The summed E-state index contributed by atoms with van der Waals surface area (Å²) >= 11 is 5.99. The topological polar surface area (TPSA) is 38.3 Å². The molecule has 3 nitrogen and oxygen atoms in total. The summed E-state index contributed by atoms with van der Waals surface area (Å²) < 4.78 is 18.6. The molecule has 23 heavy (non-hydrogen) atoms. The molecule has 2 aromatic carbocycles. The number of rotatable bonds is 3. The molecule has 0 unspecified atom stereocenters. The summed E-state index contributed by atoms with van der Waals surface area (Å²) in [5, 5.41) is 3.59. The lowest BCUT2D eigenvalue weighted by Gasteiger charge is -2.26. The summed E-state index contributed by atoms with van der Waals surface area (Å²) in [5.41, 5.74) is 1.80. The van der Waals surface area contributed by atoms with E-state index in [0.717, 1.165) is 16.9 Å². The number of halogens is 2. The van der Waals surface area contributed by atoms with Crippen LogP contribution in [0.3, 0.4) is 0 Å². The van der Waals surface area contributed by atoms with Crippen molar-refractivity contribution in [1.82, 2.24) is 5.32 Å². The molecule has 5 heteroatoms. The van der Waals surface area contributed by atoms with E-state index in [1.54, 1.807) is 18.2 Å². The largest absolute Gasteiger partial charge is 0.492 e. The fraction of sp³-hybridized carbons (Fsp3) is 0.278. The maximum atomic E-state index is 13.0. The van der Waals surface area contributed by atoms with Crippen molar-refractivity contribution in [2.24, 2.45) is 5.92 Å². The standard InChI is InChI=1S/C18H17ClFNO2/c1-11(12-2-5-16(20)6-3-12)21-18(22)14-8-13-9-15(19)4-7-17(13)23-10-14/h2-7,9,11,14H,8,10H2,1H3,(H,21,22)/t11-,14-/m0/s1. The maximum Gasteiger partial charge on any atom is 0.227 e. The van der Waals surface area contributed by atoms with Gasteiger partial charge < -0.3 is 10.1 Å². The number of hydrogen-bond donors (Lipinski definition) is 1. The predicted molar refractivity (Wildman–Crippen MR) is 87.1 cm³/mol. The van der Waals surface area contributed by atoms with Crippen LogP contribution in [0, 0.1) is 11.7 Å². The summed E-state index contributed by atoms with van der Waals surface area (Å²) in [6, 6.07) is 11.4. The minimum Gasteiger partial charge on any atom is -0.492 e. The molecule has 0 radical (unpaired) electrons. The van der Waals surface area contributed by atoms with Gasteiger partial charge in [-0.15, -0.1) is 0 Å². The van der Waals surface area contributed by atoms with Crippen molar-refractivity contribution in [3.05, 3.63) is 64.4 Å². The monoisotopic (exact) mass is 333 g/mol. The van der Waals surface area contributed by atoms with Crippen LogP contribution in [0.15, 0.2) is 42.5 Å². The summed E-state index contributed by atoms with van der Waals surface area (Å²) in [5.74, 6) is 0.155. The first-order chi connectivity index (χ1) is 11.0. The quantitative estimate of drug-likeness (QED) is 0.925. The fourth-order valence-corrected chi connectivity index (χ4v) is 2.89. The van der Waals surface area contributed by atoms with Crippen LogP contribution in [-0.4, -0.2) is 12.5 Å². The highest BCUT2D eigenvalue weighted by atomic mass is 35.5. The molecule has 0 spiro atoms. The molecular formula is C18H17ClFNO2. The number of hydrogen-bond acceptors (Lipinski definition) is 2. The summed E-state index contributed by atoms with van der Waals surface area (Å²) in [4.78, 5) is 12.4. The molecule has 0 saturated carbocycles. The Labute approximate surface area is 139 Å². The number of amides is 1. The lowest BCUT2D eigenvalue weighted by Crippen LogP contribution is -2.38. The highest BCUT2D eigenvalue weighted by molar-refractivity contribution is 6.30. The Balaban J connectivity index is 1.66. The summed E-state index contributed by atoms with van der Waals surface area (Å²) in [6.45, 7) is 2.22. The molecule has 1 aliphatic heterocycles. The van der Waals surface area contributed by atoms with Crippen LogP contribution in [0.2, 0.25) is 5.02 Å². The van der Waals surface area contributed by atoms with Crippen LogP contribution in [0.4, 0.5) is 4.39 Å². The molecule has 1 N–H and O–H groups in total. The summed E-state index contributed by atoms with van der Waals surface area (Å²) in [7, 11) is 0. The third kappa shape index (κ3) is 3.64. The summed E-state index contributed by atoms with van der Waals surface area (Å²) in [6.07, 6.45) is 0.595. The first-order valence-corrected chi connectivity index (χ1v) is 7.88. The molecule has 0 aliphatic carbocycles. The van der Waals surface area contributed by atoms with Crippen LogP contribution < -0.4 is 10.1 Å². The Morgan fingerprint density at radius 3 is 2.78 bits per heavy atom. The molecule has 0 bridgehead atoms. The molecule has 1 heterocycles. The van der Waals surface area contributed by atoms with Crippen LogP contribution in [0.5, 0.6) is 5.75 Å². The van der Waals surface area contributed by atoms with Crippen LogP contribution in [0.1, 0.15) is 24.1 Å². The Morgan fingerprint density at radius 2 is 2.04 bits per heavy atom. The first-order valence-electron chi connectivity index (χ1n) is 7.50. The lowest BCUT2D eigenvalue weighted by atomic mass is 9.95. The van der Waals surface area contributed by atoms with Gasteiger partial charge >= 0.3 is 0 Å². The Hall–Kier alpha value is -2.07. The zero-order valence-electron chi connectivity index (χ0n) is 12.7. The fourth-order valence-electron chi connectivity index (χ4n) is 2.70. The highest BCUT2D eigenvalue weighted by Crippen LogP contribution is 2.30. The van der Waals surface area contributed by atoms with E-state index in [1.165, 1.54) is 12.1 Å². The molecule has 0 aromatic heterocycles. The minimum atomic E-state index is -0.290. The smallest absolute Gasteiger partial charge is 0.227 e. The van der Waals surface area contributed by atoms with E-state index in [9.17, 15) is 9.18 Å². The van der Waals surface area contributed by atoms with E-state index < -0.39 is 0 Å². The van der Waals surface area contributed by atoms with Crippen LogP contribution >= 0.6 is 11.6 Å². The van der Waals surface area contributed by atoms with Gasteiger partial charge in [0.15, 0.2) is 0 Å². The second-order valence-electron chi connectivity index (χ2n) is 5.75. The first kappa shape index (κ1) is 15.8. The van der Waals surface area contributed by atoms with Crippen molar-refractivity contribution < 1.29 is 13.9 Å². The Kier molecular flexibility index (Phi) is 4.53. The number of benzene rings is 2. The van der Waals surface area contributed by atoms with E-state index in [2.05, 4.69) is 5.32 Å². The van der Waals surface area contributed by atoms with Crippen molar-refractivity contribution in [3.8, 4) is 5.75 Å². The van der Waals surface area contributed by atoms with Crippen LogP contribution in [0.25, 0.3) is 0 Å². The molecule has 3 rings (SSSR count). The molecule has 0 fully saturated rings. The number of carbonyl (C=O) groups is 1. The number of fused-ring (bicyclic) bond motifs is 1. The second kappa shape index (κ2) is 6.59. The van der Waals surface area contributed by atoms with Crippen molar-refractivity contribution in [3.63, 3.8) is 0 Å². The third-order valence-corrected chi connectivity index (χ3v) is 4.26. The molecule has 2 aromatic rings. The van der Waals surface area contributed by atoms with Gasteiger partial charge in [0.1, 0.15) is 18.2 Å². The molecule has 2 atom stereocenters. The second-order valence-corrected chi connectivity index (χ2v) is 6.18. The van der Waals surface area contributed by atoms with Crippen molar-refractivity contribution in [1.29, 1.82) is 0 Å². The molecule has 120 valence electrons. The van der Waals surface area contributed by atoms with E-state index in [-0.39, 0.29) is 23.7 Å². The van der Waals surface area contributed by atoms with Gasteiger partial charge in [-0.05, 0) is 54.8 Å². The van der Waals surface area contributed by atoms with E-state index in [4.69, 9.17) is 16.3 Å². The van der Waals surface area contributed by atoms with Crippen molar-refractivity contribution >= 4 is 17.5 Å². The molecule has 1 amide bonds. The van der Waals surface area contributed by atoms with Crippen molar-refractivity contribution in [2.75, 3.05) is 6.61 Å². The number of nitrogens with one attached hydrogen (secondary N) is 1. The van der Waals surface area contributed by atoms with Gasteiger partial charge in [-0.25, -0.2) is 4.39 Å². The number of carbonyl (C=O) groups excluding carboxylic acids is 1. The minimum absolute atomic E-state index is 0.0764. The van der Waals surface area contributed by atoms with Gasteiger partial charge in [-0.2, -0.15) is 0 Å². The van der Waals surface area contributed by atoms with Gasteiger partial charge in [0.25, 0.3) is 0 Å². The van der Waals surface area contributed by atoms with Gasteiger partial charge in [-0.1, -0.05) is 23.7 Å². The average molecular weight is 334 g/mol. The highest BCUT2D eigenvalue weighted by Gasteiger charge is 2.27. The van der Waals surface area contributed by atoms with E-state index in [0.29, 0.717) is 18.1 Å². The predicted octanol–water partition coefficient (Wildman–Crippen LogP) is 3.91. The SMILES string of the molecule is C[C@H](NC(=O)[C@@H]1COc2ccc(Cl)cc2C1)c1ccc(F)cc1. The third-order valence-electron chi connectivity index (χ3n) is 4.03. The number of ether oxygens (including phenoxy) is 1. The zero-order valence-corrected chi connectivity index (χ0v) is 13.4. The molecule has 0 saturated heterocycles. The zero-order chi connectivity index (χ0) is 16.4. The molecule has 1 aliphatic rings. The average Bonchev–Trinajstić information content (AvgIpc) is 2.54. The van der Waals surface area contributed by atoms with E-state index >= 15 is 0 Å².